The van der Waals surface area contributed by atoms with E-state index in [-0.39, 0.29) is 22.4 Å². The molecule has 0 aliphatic heterocycles. The van der Waals surface area contributed by atoms with Crippen LogP contribution in [0.2, 0.25) is 15.1 Å². The Kier molecular flexibility index (Phi) is 9.69. The number of halogens is 6. The molecule has 0 aliphatic rings. The lowest BCUT2D eigenvalue weighted by Crippen LogP contribution is -2.40. The Morgan fingerprint density at radius 1 is 1.11 bits per heavy atom. The van der Waals surface area contributed by atoms with Crippen molar-refractivity contribution in [2.75, 3.05) is 13.7 Å². The fraction of sp³-hybridized carbons (Fsp3) is 0.304. The zero-order chi connectivity index (χ0) is 28.0. The largest absolute Gasteiger partial charge is 0.453 e. The molecule has 1 heterocycles. The summed E-state index contributed by atoms with van der Waals surface area (Å²) in [4.78, 5) is 37.5. The maximum Gasteiger partial charge on any atom is 0.406 e. The van der Waals surface area contributed by atoms with Crippen LogP contribution in [0.4, 0.5) is 18.0 Å². The van der Waals surface area contributed by atoms with Crippen molar-refractivity contribution in [2.45, 2.75) is 31.7 Å². The monoisotopic (exact) mass is 593 g/mol. The number of carbonyl (C=O) groups is 2. The Labute approximate surface area is 229 Å². The van der Waals surface area contributed by atoms with E-state index in [4.69, 9.17) is 34.8 Å². The van der Waals surface area contributed by atoms with Gasteiger partial charge in [0.25, 0.3) is 0 Å². The van der Waals surface area contributed by atoms with Gasteiger partial charge in [-0.2, -0.15) is 13.2 Å². The quantitative estimate of drug-likeness (QED) is 0.369. The Balaban J connectivity index is 1.90. The number of ether oxygens (including phenoxy) is 1. The van der Waals surface area contributed by atoms with Crippen LogP contribution in [-0.4, -0.2) is 46.2 Å². The van der Waals surface area contributed by atoms with Gasteiger partial charge in [0.05, 0.1) is 29.6 Å². The third-order valence-electron chi connectivity index (χ3n) is 5.27. The topological polar surface area (TPSA) is 107 Å². The molecule has 2 amide bonds. The van der Waals surface area contributed by atoms with E-state index >= 15 is 0 Å². The van der Waals surface area contributed by atoms with E-state index in [1.807, 2.05) is 0 Å². The molecule has 2 aromatic carbocycles. The van der Waals surface area contributed by atoms with E-state index in [1.54, 1.807) is 12.1 Å². The summed E-state index contributed by atoms with van der Waals surface area (Å²) in [5.74, 6) is -0.798. The number of carbonyl (C=O) groups excluding carboxylic acids is 2. The average Bonchev–Trinajstić information content (AvgIpc) is 3.16. The standard InChI is InChI=1S/C23H21Cl3F3N5O4/c1-38-21(36)30-11-17(15-3-2-4-16(25)19(15)26)31-18(35)12-34-22(37)33(10-9-23(27,28)29)20(32-34)13-5-7-14(24)8-6-13/h2-8,17H,9-12H2,1H3,(H,30,36)(H,31,35). The maximum atomic E-state index is 13.0. The van der Waals surface area contributed by atoms with Crippen molar-refractivity contribution in [2.24, 2.45) is 0 Å². The number of methoxy groups -OCH3 is 1. The van der Waals surface area contributed by atoms with Crippen LogP contribution in [0.3, 0.4) is 0 Å². The molecule has 0 radical (unpaired) electrons. The van der Waals surface area contributed by atoms with Crippen LogP contribution in [0.25, 0.3) is 11.4 Å². The lowest BCUT2D eigenvalue weighted by molar-refractivity contribution is -0.136. The number of benzene rings is 2. The van der Waals surface area contributed by atoms with E-state index in [9.17, 15) is 27.6 Å². The lowest BCUT2D eigenvalue weighted by Gasteiger charge is -2.21. The van der Waals surface area contributed by atoms with Crippen LogP contribution in [0.15, 0.2) is 47.3 Å². The summed E-state index contributed by atoms with van der Waals surface area (Å²) in [5.41, 5.74) is -0.216. The molecule has 3 rings (SSSR count). The fourth-order valence-electron chi connectivity index (χ4n) is 3.46. The first kappa shape index (κ1) is 29.3. The van der Waals surface area contributed by atoms with Gasteiger partial charge in [-0.3, -0.25) is 9.36 Å². The van der Waals surface area contributed by atoms with Crippen LogP contribution in [0.1, 0.15) is 18.0 Å². The van der Waals surface area contributed by atoms with E-state index in [0.717, 1.165) is 16.4 Å². The zero-order valence-electron chi connectivity index (χ0n) is 19.7. The van der Waals surface area contributed by atoms with Gasteiger partial charge in [0.1, 0.15) is 6.54 Å². The average molecular weight is 595 g/mol. The van der Waals surface area contributed by atoms with Crippen molar-refractivity contribution in [1.29, 1.82) is 0 Å². The van der Waals surface area contributed by atoms with Gasteiger partial charge in [-0.25, -0.2) is 14.3 Å². The summed E-state index contributed by atoms with van der Waals surface area (Å²) >= 11 is 18.3. The first-order valence-corrected chi connectivity index (χ1v) is 12.1. The SMILES string of the molecule is COC(=O)NCC(NC(=O)Cn1nc(-c2ccc(Cl)cc2)n(CCC(F)(F)F)c1=O)c1cccc(Cl)c1Cl. The zero-order valence-corrected chi connectivity index (χ0v) is 22.0. The summed E-state index contributed by atoms with van der Waals surface area (Å²) in [6.07, 6.45) is -6.57. The van der Waals surface area contributed by atoms with Gasteiger partial charge >= 0.3 is 18.0 Å². The smallest absolute Gasteiger partial charge is 0.406 e. The number of alkyl halides is 3. The van der Waals surface area contributed by atoms with Gasteiger partial charge in [-0.1, -0.05) is 46.9 Å². The molecule has 0 saturated carbocycles. The number of hydrogen-bond donors (Lipinski definition) is 2. The van der Waals surface area contributed by atoms with E-state index < -0.39 is 49.4 Å². The lowest BCUT2D eigenvalue weighted by atomic mass is 10.1. The molecule has 38 heavy (non-hydrogen) atoms. The second-order valence-electron chi connectivity index (χ2n) is 7.92. The summed E-state index contributed by atoms with van der Waals surface area (Å²) < 4.78 is 44.9. The predicted octanol–water partition coefficient (Wildman–Crippen LogP) is 4.84. The Bertz CT molecular complexity index is 1360. The number of nitrogens with zero attached hydrogens (tertiary/aromatic N) is 3. The molecule has 1 unspecified atom stereocenters. The minimum Gasteiger partial charge on any atom is -0.453 e. The van der Waals surface area contributed by atoms with Crippen molar-refractivity contribution >= 4 is 46.8 Å². The molecule has 2 N–H and O–H groups in total. The molecule has 3 aromatic rings. The summed E-state index contributed by atoms with van der Waals surface area (Å²) in [5, 5.41) is 9.89. The van der Waals surface area contributed by atoms with Crippen LogP contribution in [0, 0.1) is 0 Å². The number of rotatable bonds is 9. The third kappa shape index (κ3) is 7.65. The van der Waals surface area contributed by atoms with Gasteiger partial charge in [0, 0.05) is 23.7 Å². The van der Waals surface area contributed by atoms with Gasteiger partial charge < -0.3 is 15.4 Å². The highest BCUT2D eigenvalue weighted by atomic mass is 35.5. The molecule has 1 atom stereocenters. The van der Waals surface area contributed by atoms with Gasteiger partial charge in [0.2, 0.25) is 5.91 Å². The molecule has 0 spiro atoms. The molecule has 0 bridgehead atoms. The van der Waals surface area contributed by atoms with Gasteiger partial charge in [-0.05, 0) is 35.9 Å². The minimum atomic E-state index is -4.52. The third-order valence-corrected chi connectivity index (χ3v) is 6.35. The van der Waals surface area contributed by atoms with Crippen molar-refractivity contribution in [3.63, 3.8) is 0 Å². The molecule has 15 heteroatoms. The predicted molar refractivity (Wildman–Crippen MR) is 135 cm³/mol. The molecule has 0 fully saturated rings. The van der Waals surface area contributed by atoms with Crippen molar-refractivity contribution in [3.05, 3.63) is 73.6 Å². The van der Waals surface area contributed by atoms with Crippen molar-refractivity contribution in [3.8, 4) is 11.4 Å². The van der Waals surface area contributed by atoms with Gasteiger partial charge in [-0.15, -0.1) is 5.10 Å². The first-order chi connectivity index (χ1) is 17.9. The van der Waals surface area contributed by atoms with E-state index in [0.29, 0.717) is 16.1 Å². The highest BCUT2D eigenvalue weighted by molar-refractivity contribution is 6.42. The molecule has 0 aliphatic carbocycles. The van der Waals surface area contributed by atoms with Crippen LogP contribution in [-0.2, 0) is 22.6 Å². The second kappa shape index (κ2) is 12.5. The number of amides is 2. The molecule has 0 saturated heterocycles. The minimum absolute atomic E-state index is 0.0643. The second-order valence-corrected chi connectivity index (χ2v) is 9.14. The normalized spacial score (nSPS) is 12.2. The number of nitrogens with one attached hydrogen (secondary N) is 2. The van der Waals surface area contributed by atoms with Crippen LogP contribution >= 0.6 is 34.8 Å². The van der Waals surface area contributed by atoms with E-state index in [2.05, 4.69) is 20.5 Å². The highest BCUT2D eigenvalue weighted by Gasteiger charge is 2.29. The fourth-order valence-corrected chi connectivity index (χ4v) is 4.02. The number of hydrogen-bond acceptors (Lipinski definition) is 5. The molecule has 9 nitrogen and oxygen atoms in total. The molecule has 1 aromatic heterocycles. The van der Waals surface area contributed by atoms with Crippen molar-refractivity contribution in [1.82, 2.24) is 25.0 Å². The molecular formula is C23H21Cl3F3N5O4. The highest BCUT2D eigenvalue weighted by Crippen LogP contribution is 2.30. The van der Waals surface area contributed by atoms with E-state index in [1.165, 1.54) is 30.3 Å². The molecular weight excluding hydrogens is 574 g/mol. The number of aromatic nitrogens is 3. The van der Waals surface area contributed by atoms with Crippen molar-refractivity contribution < 1.29 is 27.5 Å². The molecule has 204 valence electrons. The Hall–Kier alpha value is -3.22. The Morgan fingerprint density at radius 3 is 2.42 bits per heavy atom. The van der Waals surface area contributed by atoms with Crippen LogP contribution < -0.4 is 16.3 Å². The summed E-state index contributed by atoms with van der Waals surface area (Å²) in [6.45, 7) is -1.49. The van der Waals surface area contributed by atoms with Crippen LogP contribution in [0.5, 0.6) is 0 Å². The summed E-state index contributed by atoms with van der Waals surface area (Å²) in [6, 6.07) is 9.78. The Morgan fingerprint density at radius 2 is 1.79 bits per heavy atom. The maximum absolute atomic E-state index is 13.0. The van der Waals surface area contributed by atoms with Gasteiger partial charge in [0.15, 0.2) is 5.82 Å². The first-order valence-electron chi connectivity index (χ1n) is 10.9. The number of alkyl carbamates (subject to hydrolysis) is 1. The summed E-state index contributed by atoms with van der Waals surface area (Å²) in [7, 11) is 1.16.